The average molecular weight is 90.1 g/mol. The molecule has 0 saturated carbocycles. The van der Waals surface area contributed by atoms with Gasteiger partial charge in [0.25, 0.3) is 0 Å². The lowest BCUT2D eigenvalue weighted by Gasteiger charge is -1.87. The van der Waals surface area contributed by atoms with Gasteiger partial charge in [-0.2, -0.15) is 0 Å². The van der Waals surface area contributed by atoms with Crippen LogP contribution in [0.1, 0.15) is 6.42 Å². The minimum atomic E-state index is -0.117. The van der Waals surface area contributed by atoms with Gasteiger partial charge >= 0.3 is 0 Å². The predicted molar refractivity (Wildman–Crippen MR) is 20.0 cm³/mol. The smallest absolute Gasteiger partial charge is 0.0835 e. The lowest BCUT2D eigenvalue weighted by molar-refractivity contribution is 0.137. The molecule has 1 radical (unpaired) electrons. The summed E-state index contributed by atoms with van der Waals surface area (Å²) in [5, 5.41) is 17.3. The molecule has 0 aromatic heterocycles. The van der Waals surface area contributed by atoms with E-state index in [1.807, 2.05) is 5.48 Å². The van der Waals surface area contributed by atoms with E-state index in [4.69, 9.17) is 5.21 Å². The fourth-order valence-corrected chi connectivity index (χ4v) is 0.151. The van der Waals surface area contributed by atoms with Gasteiger partial charge in [-0.3, -0.25) is 0 Å². The molecule has 0 aliphatic rings. The van der Waals surface area contributed by atoms with Crippen molar-refractivity contribution >= 4 is 0 Å². The summed E-state index contributed by atoms with van der Waals surface area (Å²) in [6.07, 6.45) is 0.497. The van der Waals surface area contributed by atoms with Crippen molar-refractivity contribution in [2.75, 3.05) is 13.2 Å². The Kier molecular flexibility index (Phi) is 4.78. The molecule has 0 saturated heterocycles. The molecule has 3 nitrogen and oxygen atoms in total. The van der Waals surface area contributed by atoms with Crippen LogP contribution in [-0.4, -0.2) is 18.4 Å². The van der Waals surface area contributed by atoms with Crippen molar-refractivity contribution in [2.45, 2.75) is 6.42 Å². The zero-order valence-corrected chi connectivity index (χ0v) is 3.48. The summed E-state index contributed by atoms with van der Waals surface area (Å²) in [5.41, 5.74) is 1.87. The highest BCUT2D eigenvalue weighted by Crippen LogP contribution is 1.67. The maximum absolute atomic E-state index is 9.54. The van der Waals surface area contributed by atoms with Crippen LogP contribution in [0.25, 0.3) is 0 Å². The quantitative estimate of drug-likeness (QED) is 0.372. The summed E-state index contributed by atoms with van der Waals surface area (Å²) >= 11 is 0. The normalized spacial score (nSPS) is 9.00. The average Bonchev–Trinajstić information content (AvgIpc) is 1.61. The molecule has 0 heterocycles. The van der Waals surface area contributed by atoms with Gasteiger partial charge in [0.1, 0.15) is 0 Å². The second kappa shape index (κ2) is 4.88. The first-order valence-electron chi connectivity index (χ1n) is 1.87. The summed E-state index contributed by atoms with van der Waals surface area (Å²) in [4.78, 5) is 0. The van der Waals surface area contributed by atoms with Crippen molar-refractivity contribution in [2.24, 2.45) is 0 Å². The Morgan fingerprint density at radius 2 is 2.33 bits per heavy atom. The highest BCUT2D eigenvalue weighted by Gasteiger charge is 1.77. The number of hydrogen-bond donors (Lipinski definition) is 2. The summed E-state index contributed by atoms with van der Waals surface area (Å²) in [6, 6.07) is 0. The molecule has 0 aromatic carbocycles. The Labute approximate surface area is 36.6 Å². The highest BCUT2D eigenvalue weighted by molar-refractivity contribution is 4.30. The molecule has 0 fully saturated rings. The van der Waals surface area contributed by atoms with E-state index in [2.05, 4.69) is 0 Å². The Bertz CT molecular complexity index is 20.8. The van der Waals surface area contributed by atoms with Gasteiger partial charge < -0.3 is 5.21 Å². The van der Waals surface area contributed by atoms with E-state index >= 15 is 0 Å². The first-order valence-corrected chi connectivity index (χ1v) is 1.87. The lowest BCUT2D eigenvalue weighted by Crippen LogP contribution is -2.09. The SMILES string of the molecule is [O]CCCNO. The molecule has 0 unspecified atom stereocenters. The minimum absolute atomic E-state index is 0.117. The molecule has 0 atom stereocenters. The van der Waals surface area contributed by atoms with Gasteiger partial charge in [-0.05, 0) is 6.42 Å². The summed E-state index contributed by atoms with van der Waals surface area (Å²) in [7, 11) is 0. The zero-order chi connectivity index (χ0) is 4.83. The largest absolute Gasteiger partial charge is 0.317 e. The van der Waals surface area contributed by atoms with Gasteiger partial charge in [0, 0.05) is 6.54 Å². The second-order valence-corrected chi connectivity index (χ2v) is 0.966. The summed E-state index contributed by atoms with van der Waals surface area (Å²) in [6.45, 7) is 0.289. The van der Waals surface area contributed by atoms with Gasteiger partial charge in [0.2, 0.25) is 0 Å². The molecule has 2 N–H and O–H groups in total. The topological polar surface area (TPSA) is 52.2 Å². The molecule has 6 heavy (non-hydrogen) atoms. The van der Waals surface area contributed by atoms with Crippen LogP contribution in [0.2, 0.25) is 0 Å². The molecule has 0 bridgehead atoms. The van der Waals surface area contributed by atoms with E-state index in [1.165, 1.54) is 0 Å². The maximum atomic E-state index is 9.54. The zero-order valence-electron chi connectivity index (χ0n) is 3.48. The molecular weight excluding hydrogens is 82.0 g/mol. The van der Waals surface area contributed by atoms with Crippen LogP contribution in [0, 0.1) is 0 Å². The number of rotatable bonds is 3. The minimum Gasteiger partial charge on any atom is -0.317 e. The van der Waals surface area contributed by atoms with Crippen LogP contribution in [0.15, 0.2) is 0 Å². The second-order valence-electron chi connectivity index (χ2n) is 0.966. The number of hydrogen-bond acceptors (Lipinski definition) is 2. The van der Waals surface area contributed by atoms with Crippen molar-refractivity contribution in [3.63, 3.8) is 0 Å². The Hall–Kier alpha value is -0.120. The molecule has 0 aliphatic carbocycles. The molecule has 0 aromatic rings. The third kappa shape index (κ3) is 3.88. The van der Waals surface area contributed by atoms with Gasteiger partial charge in [-0.1, -0.05) is 0 Å². The van der Waals surface area contributed by atoms with Crippen LogP contribution in [0.4, 0.5) is 0 Å². The molecule has 0 rings (SSSR count). The van der Waals surface area contributed by atoms with Crippen molar-refractivity contribution in [1.82, 2.24) is 5.48 Å². The third-order valence-electron chi connectivity index (χ3n) is 0.433. The number of hydroxylamine groups is 1. The predicted octanol–water partition coefficient (Wildman–Crippen LogP) is -0.214. The summed E-state index contributed by atoms with van der Waals surface area (Å²) in [5.74, 6) is 0. The van der Waals surface area contributed by atoms with Crippen LogP contribution in [0.5, 0.6) is 0 Å². The standard InChI is InChI=1S/C3H8NO2/c5-3-1-2-4-6/h4,6H,1-3H2. The van der Waals surface area contributed by atoms with Gasteiger partial charge in [-0.25, -0.2) is 10.6 Å². The van der Waals surface area contributed by atoms with E-state index in [-0.39, 0.29) is 6.61 Å². The van der Waals surface area contributed by atoms with E-state index in [0.29, 0.717) is 13.0 Å². The molecule has 0 spiro atoms. The van der Waals surface area contributed by atoms with Crippen molar-refractivity contribution in [3.8, 4) is 0 Å². The first-order chi connectivity index (χ1) is 2.91. The molecule has 37 valence electrons. The van der Waals surface area contributed by atoms with Gasteiger partial charge in [-0.15, -0.1) is 0 Å². The summed E-state index contributed by atoms with van der Waals surface area (Å²) < 4.78 is 0. The fraction of sp³-hybridized carbons (Fsp3) is 1.00. The van der Waals surface area contributed by atoms with E-state index in [1.54, 1.807) is 0 Å². The molecule has 0 amide bonds. The monoisotopic (exact) mass is 90.1 g/mol. The Balaban J connectivity index is 2.34. The fourth-order valence-electron chi connectivity index (χ4n) is 0.151. The van der Waals surface area contributed by atoms with Crippen LogP contribution in [0.3, 0.4) is 0 Å². The number of nitrogens with one attached hydrogen (secondary N) is 1. The van der Waals surface area contributed by atoms with Crippen LogP contribution < -0.4 is 5.48 Å². The highest BCUT2D eigenvalue weighted by atomic mass is 16.5. The van der Waals surface area contributed by atoms with Crippen molar-refractivity contribution < 1.29 is 10.3 Å². The Morgan fingerprint density at radius 3 is 2.50 bits per heavy atom. The third-order valence-corrected chi connectivity index (χ3v) is 0.433. The van der Waals surface area contributed by atoms with Crippen LogP contribution in [-0.2, 0) is 5.11 Å². The van der Waals surface area contributed by atoms with E-state index in [0.717, 1.165) is 0 Å². The maximum Gasteiger partial charge on any atom is 0.0835 e. The molecule has 0 aliphatic heterocycles. The van der Waals surface area contributed by atoms with Crippen molar-refractivity contribution in [3.05, 3.63) is 0 Å². The van der Waals surface area contributed by atoms with E-state index in [9.17, 15) is 5.11 Å². The molecular formula is C3H8NO2. The van der Waals surface area contributed by atoms with E-state index < -0.39 is 0 Å². The van der Waals surface area contributed by atoms with Crippen molar-refractivity contribution in [1.29, 1.82) is 0 Å². The lowest BCUT2D eigenvalue weighted by atomic mass is 10.5. The van der Waals surface area contributed by atoms with Crippen LogP contribution >= 0.6 is 0 Å². The van der Waals surface area contributed by atoms with Gasteiger partial charge in [0.15, 0.2) is 0 Å². The Morgan fingerprint density at radius 1 is 1.67 bits per heavy atom. The molecule has 3 heteroatoms. The van der Waals surface area contributed by atoms with Gasteiger partial charge in [0.05, 0.1) is 6.61 Å². The first kappa shape index (κ1) is 5.88.